The molecule has 31 heavy (non-hydrogen) atoms. The van der Waals surface area contributed by atoms with Crippen molar-refractivity contribution in [2.45, 2.75) is 26.3 Å². The van der Waals surface area contributed by atoms with Crippen molar-refractivity contribution in [3.8, 4) is 11.8 Å². The number of fused-ring (bicyclic) bond motifs is 1. The van der Waals surface area contributed by atoms with E-state index in [4.69, 9.17) is 4.74 Å². The van der Waals surface area contributed by atoms with Crippen LogP contribution in [0.5, 0.6) is 0 Å². The van der Waals surface area contributed by atoms with E-state index in [9.17, 15) is 4.79 Å². The van der Waals surface area contributed by atoms with Crippen LogP contribution in [-0.2, 0) is 9.53 Å². The first-order chi connectivity index (χ1) is 15.0. The number of anilines is 2. The Morgan fingerprint density at radius 3 is 2.61 bits per heavy atom. The van der Waals surface area contributed by atoms with Crippen LogP contribution in [0.2, 0.25) is 0 Å². The van der Waals surface area contributed by atoms with Crippen LogP contribution in [0.3, 0.4) is 0 Å². The van der Waals surface area contributed by atoms with Gasteiger partial charge in [-0.15, -0.1) is 0 Å². The van der Waals surface area contributed by atoms with Gasteiger partial charge in [0.05, 0.1) is 42.3 Å². The van der Waals surface area contributed by atoms with Crippen LogP contribution in [0.25, 0.3) is 10.8 Å². The topological polar surface area (TPSA) is 94.0 Å². The van der Waals surface area contributed by atoms with Gasteiger partial charge < -0.3 is 15.4 Å². The Bertz CT molecular complexity index is 1230. The molecule has 4 heterocycles. The van der Waals surface area contributed by atoms with Crippen LogP contribution in [0.4, 0.5) is 11.6 Å². The molecule has 2 aliphatic rings. The number of amides is 1. The summed E-state index contributed by atoms with van der Waals surface area (Å²) in [6.45, 7) is 5.48. The second-order valence-electron chi connectivity index (χ2n) is 8.22. The van der Waals surface area contributed by atoms with E-state index in [2.05, 4.69) is 44.5 Å². The average molecular weight is 416 g/mol. The van der Waals surface area contributed by atoms with E-state index in [1.54, 1.807) is 18.6 Å². The first-order valence-corrected chi connectivity index (χ1v) is 10.5. The lowest BCUT2D eigenvalue weighted by atomic mass is 10.1. The van der Waals surface area contributed by atoms with Gasteiger partial charge in [0, 0.05) is 36.1 Å². The van der Waals surface area contributed by atoms with E-state index in [1.165, 1.54) is 0 Å². The molecule has 1 saturated heterocycles. The number of hydrogen-bond acceptors (Lipinski definition) is 6. The van der Waals surface area contributed by atoms with Crippen molar-refractivity contribution in [3.63, 3.8) is 0 Å². The fraction of sp³-hybridized carbons (Fsp3) is 0.391. The SMILES string of the molecule is CNc1ncc(C#Cc2cnn(C3COC3)c2C)c2cc(NC(=O)[C@H]3C[C@H]3C)ncc12. The summed E-state index contributed by atoms with van der Waals surface area (Å²) in [6.07, 6.45) is 6.20. The summed E-state index contributed by atoms with van der Waals surface area (Å²) in [5, 5.41) is 12.2. The molecule has 1 saturated carbocycles. The lowest BCUT2D eigenvalue weighted by Gasteiger charge is -2.27. The summed E-state index contributed by atoms with van der Waals surface area (Å²) in [5.41, 5.74) is 2.67. The van der Waals surface area contributed by atoms with Gasteiger partial charge in [-0.1, -0.05) is 18.8 Å². The summed E-state index contributed by atoms with van der Waals surface area (Å²) < 4.78 is 7.25. The molecule has 8 nitrogen and oxygen atoms in total. The minimum absolute atomic E-state index is 0.0258. The third-order valence-corrected chi connectivity index (χ3v) is 6.05. The maximum Gasteiger partial charge on any atom is 0.228 e. The van der Waals surface area contributed by atoms with Crippen molar-refractivity contribution >= 4 is 28.3 Å². The fourth-order valence-corrected chi connectivity index (χ4v) is 3.82. The Morgan fingerprint density at radius 2 is 1.94 bits per heavy atom. The Kier molecular flexibility index (Phi) is 4.83. The zero-order valence-electron chi connectivity index (χ0n) is 17.8. The molecule has 0 radical (unpaired) electrons. The van der Waals surface area contributed by atoms with Gasteiger partial charge in [0.2, 0.25) is 5.91 Å². The molecular formula is C23H24N6O2. The quantitative estimate of drug-likeness (QED) is 0.635. The lowest BCUT2D eigenvalue weighted by Crippen LogP contribution is -2.32. The van der Waals surface area contributed by atoms with Crippen LogP contribution < -0.4 is 10.6 Å². The smallest absolute Gasteiger partial charge is 0.228 e. The van der Waals surface area contributed by atoms with Gasteiger partial charge in [-0.05, 0) is 25.3 Å². The number of nitrogens with zero attached hydrogens (tertiary/aromatic N) is 4. The number of ether oxygens (including phenoxy) is 1. The van der Waals surface area contributed by atoms with Gasteiger partial charge in [0.25, 0.3) is 0 Å². The molecule has 2 N–H and O–H groups in total. The van der Waals surface area contributed by atoms with Gasteiger partial charge >= 0.3 is 0 Å². The molecule has 0 bridgehead atoms. The maximum absolute atomic E-state index is 12.3. The third-order valence-electron chi connectivity index (χ3n) is 6.05. The van der Waals surface area contributed by atoms with Gasteiger partial charge in [0.15, 0.2) is 0 Å². The maximum atomic E-state index is 12.3. The van der Waals surface area contributed by atoms with E-state index in [0.29, 0.717) is 31.0 Å². The molecule has 2 fully saturated rings. The largest absolute Gasteiger partial charge is 0.377 e. The second kappa shape index (κ2) is 7.67. The fourth-order valence-electron chi connectivity index (χ4n) is 3.82. The number of rotatable bonds is 4. The number of carbonyl (C=O) groups excluding carboxylic acids is 1. The lowest BCUT2D eigenvalue weighted by molar-refractivity contribution is -0.117. The third kappa shape index (κ3) is 3.62. The highest BCUT2D eigenvalue weighted by molar-refractivity contribution is 5.99. The van der Waals surface area contributed by atoms with Crippen molar-refractivity contribution in [2.75, 3.05) is 30.9 Å². The summed E-state index contributed by atoms with van der Waals surface area (Å²) in [4.78, 5) is 21.2. The minimum atomic E-state index is 0.0258. The monoisotopic (exact) mass is 416 g/mol. The standard InChI is InChI=1S/C23H24N6O2/c1-13-6-18(13)23(30)28-21-7-19-16(8-26-22(24-3)20(19)10-25-21)5-4-15-9-27-29(14(15)2)17-11-31-12-17/h7-10,13,17-18H,6,11-12H2,1-3H3,(H,24,26)(H,25,28,30)/t13-,18+/m1/s1. The van der Waals surface area contributed by atoms with Crippen LogP contribution in [0, 0.1) is 30.6 Å². The number of nitrogens with one attached hydrogen (secondary N) is 2. The highest BCUT2D eigenvalue weighted by atomic mass is 16.5. The highest BCUT2D eigenvalue weighted by Gasteiger charge is 2.39. The molecule has 0 spiro atoms. The molecular weight excluding hydrogens is 392 g/mol. The van der Waals surface area contributed by atoms with Crippen molar-refractivity contribution in [3.05, 3.63) is 41.5 Å². The van der Waals surface area contributed by atoms with Crippen LogP contribution >= 0.6 is 0 Å². The van der Waals surface area contributed by atoms with Gasteiger partial charge in [0.1, 0.15) is 11.6 Å². The molecule has 2 atom stereocenters. The van der Waals surface area contributed by atoms with Gasteiger partial charge in [-0.25, -0.2) is 9.97 Å². The average Bonchev–Trinajstić information content (AvgIpc) is 3.37. The summed E-state index contributed by atoms with van der Waals surface area (Å²) in [7, 11) is 1.82. The molecule has 158 valence electrons. The van der Waals surface area contributed by atoms with Crippen molar-refractivity contribution < 1.29 is 9.53 Å². The molecule has 5 rings (SSSR count). The first-order valence-electron chi connectivity index (χ1n) is 10.5. The zero-order chi connectivity index (χ0) is 21.5. The van der Waals surface area contributed by atoms with Crippen molar-refractivity contribution in [2.24, 2.45) is 11.8 Å². The van der Waals surface area contributed by atoms with E-state index in [0.717, 1.165) is 39.8 Å². The number of aromatic nitrogens is 4. The molecule has 1 amide bonds. The van der Waals surface area contributed by atoms with E-state index < -0.39 is 0 Å². The predicted molar refractivity (Wildman–Crippen MR) is 118 cm³/mol. The Hall–Kier alpha value is -3.44. The summed E-state index contributed by atoms with van der Waals surface area (Å²) in [5.74, 6) is 8.28. The summed E-state index contributed by atoms with van der Waals surface area (Å²) in [6, 6.07) is 2.16. The molecule has 3 aromatic rings. The normalized spacial score (nSPS) is 20.0. The summed E-state index contributed by atoms with van der Waals surface area (Å²) >= 11 is 0. The second-order valence-corrected chi connectivity index (χ2v) is 8.22. The Balaban J connectivity index is 1.49. The van der Waals surface area contributed by atoms with E-state index in [-0.39, 0.29) is 11.8 Å². The molecule has 8 heteroatoms. The zero-order valence-corrected chi connectivity index (χ0v) is 17.8. The molecule has 3 aromatic heterocycles. The van der Waals surface area contributed by atoms with Crippen LogP contribution in [0.1, 0.15) is 36.2 Å². The van der Waals surface area contributed by atoms with Crippen molar-refractivity contribution in [1.82, 2.24) is 19.7 Å². The molecule has 0 aromatic carbocycles. The molecule has 1 aliphatic heterocycles. The van der Waals surface area contributed by atoms with Gasteiger partial charge in [-0.3, -0.25) is 9.48 Å². The number of hydrogen-bond donors (Lipinski definition) is 2. The highest BCUT2D eigenvalue weighted by Crippen LogP contribution is 2.38. The number of pyridine rings is 2. The molecule has 1 aliphatic carbocycles. The Morgan fingerprint density at radius 1 is 1.16 bits per heavy atom. The first kappa shape index (κ1) is 19.5. The Labute approximate surface area is 180 Å². The van der Waals surface area contributed by atoms with E-state index in [1.807, 2.05) is 24.7 Å². The van der Waals surface area contributed by atoms with Gasteiger partial charge in [-0.2, -0.15) is 5.10 Å². The minimum Gasteiger partial charge on any atom is -0.377 e. The number of carbonyl (C=O) groups is 1. The molecule has 0 unspecified atom stereocenters. The van der Waals surface area contributed by atoms with E-state index >= 15 is 0 Å². The van der Waals surface area contributed by atoms with Crippen LogP contribution in [0.15, 0.2) is 24.7 Å². The van der Waals surface area contributed by atoms with Crippen molar-refractivity contribution in [1.29, 1.82) is 0 Å². The predicted octanol–water partition coefficient (Wildman–Crippen LogP) is 2.74. The van der Waals surface area contributed by atoms with Crippen LogP contribution in [-0.4, -0.2) is 45.9 Å².